The lowest BCUT2D eigenvalue weighted by molar-refractivity contribution is -0.0420. The van der Waals surface area contributed by atoms with Gasteiger partial charge >= 0.3 is 6.01 Å². The minimum atomic E-state index is 0.302. The Morgan fingerprint density at radius 2 is 1.86 bits per heavy atom. The zero-order valence-electron chi connectivity index (χ0n) is 21.2. The Hall–Kier alpha value is -3.71. The lowest BCUT2D eigenvalue weighted by Crippen LogP contribution is -2.61. The monoisotopic (exact) mass is 492 g/mol. The summed E-state index contributed by atoms with van der Waals surface area (Å²) in [4.78, 5) is 13.6. The smallest absolute Gasteiger partial charge is 0.320 e. The number of nitrogens with zero attached hydrogens (tertiary/aromatic N) is 4. The van der Waals surface area contributed by atoms with Gasteiger partial charge in [-0.1, -0.05) is 54.6 Å². The number of imidazole rings is 1. The Bertz CT molecular complexity index is 1490. The summed E-state index contributed by atoms with van der Waals surface area (Å²) in [7, 11) is 0. The Labute approximate surface area is 216 Å². The number of nitrogen functional groups attached to an aromatic ring is 1. The number of nitrogens with one attached hydrogen (secondary N) is 1. The quantitative estimate of drug-likeness (QED) is 0.397. The fourth-order valence-corrected chi connectivity index (χ4v) is 5.95. The number of benzene rings is 2. The molecular formula is C30H32N6O. The van der Waals surface area contributed by atoms with E-state index >= 15 is 0 Å². The zero-order valence-corrected chi connectivity index (χ0v) is 21.2. The Morgan fingerprint density at radius 3 is 2.65 bits per heavy atom. The number of aryl methyl sites for hydroxylation is 1. The van der Waals surface area contributed by atoms with E-state index < -0.39 is 0 Å². The van der Waals surface area contributed by atoms with Crippen LogP contribution in [0.2, 0.25) is 0 Å². The lowest BCUT2D eigenvalue weighted by Gasteiger charge is -2.58. The fourth-order valence-electron chi connectivity index (χ4n) is 5.95. The van der Waals surface area contributed by atoms with Crippen LogP contribution in [0, 0.1) is 18.8 Å². The summed E-state index contributed by atoms with van der Waals surface area (Å²) < 4.78 is 7.90. The van der Waals surface area contributed by atoms with Crippen molar-refractivity contribution in [3.8, 4) is 17.1 Å². The van der Waals surface area contributed by atoms with Gasteiger partial charge in [-0.15, -0.1) is 0 Å². The van der Waals surface area contributed by atoms with Gasteiger partial charge in [0.05, 0.1) is 13.2 Å². The molecule has 0 unspecified atom stereocenters. The number of fused-ring (bicyclic) bond motifs is 3. The maximum atomic E-state index is 6.19. The lowest BCUT2D eigenvalue weighted by atomic mass is 9.52. The summed E-state index contributed by atoms with van der Waals surface area (Å²) >= 11 is 0. The van der Waals surface area contributed by atoms with E-state index in [9.17, 15) is 0 Å². The highest BCUT2D eigenvalue weighted by atomic mass is 16.5. The molecule has 3 saturated carbocycles. The van der Waals surface area contributed by atoms with Crippen LogP contribution in [-0.4, -0.2) is 32.2 Å². The van der Waals surface area contributed by atoms with Gasteiger partial charge in [-0.25, -0.2) is 4.98 Å². The van der Waals surface area contributed by atoms with Crippen LogP contribution in [0.1, 0.15) is 41.8 Å². The Morgan fingerprint density at radius 1 is 1.03 bits per heavy atom. The molecule has 6 bridgehead atoms. The van der Waals surface area contributed by atoms with Crippen LogP contribution in [0.5, 0.6) is 6.01 Å². The Kier molecular flexibility index (Phi) is 5.47. The average Bonchev–Trinajstić information content (AvgIpc) is 3.15. The van der Waals surface area contributed by atoms with E-state index in [0.29, 0.717) is 36.1 Å². The zero-order chi connectivity index (χ0) is 24.9. The van der Waals surface area contributed by atoms with Crippen molar-refractivity contribution in [2.45, 2.75) is 51.7 Å². The largest absolute Gasteiger partial charge is 0.463 e. The molecule has 4 aromatic rings. The van der Waals surface area contributed by atoms with E-state index in [0.717, 1.165) is 43.1 Å². The van der Waals surface area contributed by atoms with Crippen molar-refractivity contribution in [1.29, 1.82) is 0 Å². The Balaban J connectivity index is 1.19. The number of hydrogen-bond acceptors (Lipinski definition) is 6. The normalized spacial score (nSPS) is 23.1. The average molecular weight is 493 g/mol. The number of anilines is 1. The summed E-state index contributed by atoms with van der Waals surface area (Å²) in [6.45, 7) is 4.10. The topological polar surface area (TPSA) is 90.9 Å². The molecule has 7 nitrogen and oxygen atoms in total. The third-order valence-electron chi connectivity index (χ3n) is 8.36. The van der Waals surface area contributed by atoms with Crippen LogP contribution in [0.15, 0.2) is 54.6 Å². The van der Waals surface area contributed by atoms with Gasteiger partial charge in [0.1, 0.15) is 5.82 Å². The number of ether oxygens (including phenoxy) is 1. The number of nitrogens with two attached hydrogens (primary N) is 1. The van der Waals surface area contributed by atoms with Crippen LogP contribution in [0.25, 0.3) is 22.3 Å². The highest BCUT2D eigenvalue weighted by Crippen LogP contribution is 2.53. The van der Waals surface area contributed by atoms with Crippen molar-refractivity contribution < 1.29 is 4.74 Å². The fraction of sp³-hybridized carbons (Fsp3) is 0.367. The van der Waals surface area contributed by atoms with E-state index in [1.165, 1.54) is 40.7 Å². The standard InChI is InChI=1S/C30H32N6O/c1-18-33-27-28(31)34-30-35-29(27)36(18)17-20-8-11-25(22(13-20)5-3-2-4-12-37-30)21-9-6-19(7-10-21)16-32-26-23-14-24(26)15-23/h2-3,6-11,13,23-24,26,32H,4-5,12,14-17H2,1H3,(H2,31,34,35)/b3-2-. The van der Waals surface area contributed by atoms with Gasteiger partial charge < -0.3 is 20.4 Å². The van der Waals surface area contributed by atoms with Crippen LogP contribution < -0.4 is 15.8 Å². The molecule has 2 aromatic heterocycles. The second-order valence-corrected chi connectivity index (χ2v) is 10.7. The predicted octanol–water partition coefficient (Wildman–Crippen LogP) is 4.81. The summed E-state index contributed by atoms with van der Waals surface area (Å²) in [6, 6.07) is 16.9. The van der Waals surface area contributed by atoms with Gasteiger partial charge in [0, 0.05) is 12.6 Å². The molecule has 8 rings (SSSR count). The van der Waals surface area contributed by atoms with Gasteiger partial charge in [-0.2, -0.15) is 9.97 Å². The summed E-state index contributed by atoms with van der Waals surface area (Å²) in [5.41, 5.74) is 13.9. The molecule has 0 saturated heterocycles. The van der Waals surface area contributed by atoms with Crippen molar-refractivity contribution in [3.05, 3.63) is 77.1 Å². The van der Waals surface area contributed by atoms with Crippen LogP contribution in [-0.2, 0) is 19.5 Å². The summed E-state index contributed by atoms with van der Waals surface area (Å²) in [6.07, 6.45) is 8.92. The van der Waals surface area contributed by atoms with E-state index in [2.05, 4.69) is 79.5 Å². The van der Waals surface area contributed by atoms with Crippen LogP contribution in [0.4, 0.5) is 5.82 Å². The second kappa shape index (κ2) is 8.99. The molecule has 3 aliphatic carbocycles. The highest BCUT2D eigenvalue weighted by Gasteiger charge is 2.51. The molecular weight excluding hydrogens is 460 g/mol. The summed E-state index contributed by atoms with van der Waals surface area (Å²) in [5.74, 6) is 3.09. The first-order valence-corrected chi connectivity index (χ1v) is 13.3. The molecule has 3 N–H and O–H groups in total. The maximum Gasteiger partial charge on any atom is 0.320 e. The predicted molar refractivity (Wildman–Crippen MR) is 145 cm³/mol. The van der Waals surface area contributed by atoms with Crippen molar-refractivity contribution >= 4 is 17.0 Å². The first-order chi connectivity index (χ1) is 18.1. The molecule has 1 aliphatic heterocycles. The van der Waals surface area contributed by atoms with E-state index in [1.54, 1.807) is 0 Å². The van der Waals surface area contributed by atoms with Gasteiger partial charge in [-0.3, -0.25) is 0 Å². The molecule has 3 fully saturated rings. The first kappa shape index (κ1) is 22.5. The third-order valence-corrected chi connectivity index (χ3v) is 8.36. The van der Waals surface area contributed by atoms with Gasteiger partial charge in [0.25, 0.3) is 0 Å². The minimum Gasteiger partial charge on any atom is -0.463 e. The van der Waals surface area contributed by atoms with Crippen molar-refractivity contribution in [3.63, 3.8) is 0 Å². The summed E-state index contributed by atoms with van der Waals surface area (Å²) in [5, 5.41) is 3.75. The molecule has 0 amide bonds. The molecule has 0 spiro atoms. The van der Waals surface area contributed by atoms with Crippen molar-refractivity contribution in [2.75, 3.05) is 12.3 Å². The van der Waals surface area contributed by atoms with Gasteiger partial charge in [0.15, 0.2) is 17.0 Å². The number of hydrogen-bond donors (Lipinski definition) is 2. The van der Waals surface area contributed by atoms with Gasteiger partial charge in [0.2, 0.25) is 0 Å². The molecule has 7 heteroatoms. The molecule has 37 heavy (non-hydrogen) atoms. The van der Waals surface area contributed by atoms with E-state index in [-0.39, 0.29) is 0 Å². The number of rotatable bonds is 4. The SMILES string of the molecule is Cc1nc2c(N)nc3nc2n1Cc1ccc(-c2ccc(CNC4C5CC4C5)cc2)c(c1)C/C=C\CCO3. The molecule has 3 heterocycles. The molecule has 188 valence electrons. The van der Waals surface area contributed by atoms with Crippen molar-refractivity contribution in [2.24, 2.45) is 11.8 Å². The molecule has 0 radical (unpaired) electrons. The van der Waals surface area contributed by atoms with E-state index in [1.807, 2.05) is 6.92 Å². The molecule has 0 atom stereocenters. The third kappa shape index (κ3) is 4.07. The second-order valence-electron chi connectivity index (χ2n) is 10.7. The molecule has 2 aromatic carbocycles. The minimum absolute atomic E-state index is 0.302. The number of allylic oxidation sites excluding steroid dienone is 1. The maximum absolute atomic E-state index is 6.19. The van der Waals surface area contributed by atoms with Crippen LogP contribution in [0.3, 0.4) is 0 Å². The highest BCUT2D eigenvalue weighted by molar-refractivity contribution is 5.82. The van der Waals surface area contributed by atoms with Gasteiger partial charge in [-0.05, 0) is 72.3 Å². The number of aromatic nitrogens is 4. The van der Waals surface area contributed by atoms with Crippen molar-refractivity contribution in [1.82, 2.24) is 24.8 Å². The van der Waals surface area contributed by atoms with E-state index in [4.69, 9.17) is 10.5 Å². The molecule has 4 aliphatic rings. The van der Waals surface area contributed by atoms with Crippen LogP contribution >= 0.6 is 0 Å². The first-order valence-electron chi connectivity index (χ1n) is 13.3.